The van der Waals surface area contributed by atoms with Gasteiger partial charge in [-0.1, -0.05) is 85.8 Å². The Morgan fingerprint density at radius 2 is 1.73 bits per heavy atom. The first-order valence-electron chi connectivity index (χ1n) is 13.0. The standard InChI is InChI=1S/C30H39O10P/c1-7-8-9-10-12-19(2)13-11-14-20(3)15-16-22-21(4)25(32)24(17-30(22,5)6)40-41(36,37)38-18-23(31)28-26(33)27(34)29(35)39-28/h7-16,23-24,28,31,33-34H,17-18H2,1-6H3,(H,36,37)/b8-7-,10-9+,13-11+,16-15+,19-12+,20-14+/t23-,24?,28+/m0/s1. The molecule has 2 rings (SSSR count). The number of rotatable bonds is 12. The maximum atomic E-state index is 13.1. The van der Waals surface area contributed by atoms with Gasteiger partial charge in [0.25, 0.3) is 0 Å². The Labute approximate surface area is 240 Å². The molecule has 0 saturated heterocycles. The topological polar surface area (TPSA) is 160 Å². The van der Waals surface area contributed by atoms with Crippen LogP contribution in [0.4, 0.5) is 0 Å². The molecule has 2 aliphatic rings. The summed E-state index contributed by atoms with van der Waals surface area (Å²) in [6.45, 7) is 10.4. The van der Waals surface area contributed by atoms with Crippen LogP contribution in [0.15, 0.2) is 94.6 Å². The Balaban J connectivity index is 2.07. The molecule has 0 aromatic rings. The summed E-state index contributed by atoms with van der Waals surface area (Å²) >= 11 is 0. The van der Waals surface area contributed by atoms with E-state index in [-0.39, 0.29) is 6.42 Å². The second-order valence-electron chi connectivity index (χ2n) is 10.4. The van der Waals surface area contributed by atoms with Crippen molar-refractivity contribution >= 4 is 19.6 Å². The Morgan fingerprint density at radius 3 is 2.34 bits per heavy atom. The minimum atomic E-state index is -4.86. The lowest BCUT2D eigenvalue weighted by atomic mass is 9.71. The van der Waals surface area contributed by atoms with E-state index < -0.39 is 61.4 Å². The molecular formula is C30H39O10P. The molecule has 0 aromatic carbocycles. The Bertz CT molecular complexity index is 1310. The number of aliphatic hydroxyl groups is 3. The van der Waals surface area contributed by atoms with Gasteiger partial charge < -0.3 is 24.9 Å². The van der Waals surface area contributed by atoms with Gasteiger partial charge in [0.15, 0.2) is 17.6 Å². The number of phosphoric ester groups is 1. The number of allylic oxidation sites excluding steroid dienone is 13. The predicted octanol–water partition coefficient (Wildman–Crippen LogP) is 5.56. The molecule has 0 saturated carbocycles. The van der Waals surface area contributed by atoms with Gasteiger partial charge in [-0.3, -0.25) is 13.8 Å². The molecule has 2 unspecified atom stereocenters. The largest absolute Gasteiger partial charge is 0.505 e. The van der Waals surface area contributed by atoms with E-state index >= 15 is 0 Å². The average molecular weight is 591 g/mol. The zero-order valence-electron chi connectivity index (χ0n) is 24.1. The van der Waals surface area contributed by atoms with E-state index in [1.807, 2.05) is 95.4 Å². The lowest BCUT2D eigenvalue weighted by Crippen LogP contribution is -2.37. The first kappa shape index (κ1) is 33.9. The predicted molar refractivity (Wildman–Crippen MR) is 155 cm³/mol. The SMILES string of the molecule is C\C=C/C=C/C=C(C)/C=C/C=C(C)/C=C/C1=C(C)C(=O)C(OP(=O)(O)OC[C@H](O)[C@H]2OC(=O)C(O)=C2O)CC1(C)C. The van der Waals surface area contributed by atoms with Crippen molar-refractivity contribution in [2.75, 3.05) is 6.61 Å². The van der Waals surface area contributed by atoms with Crippen LogP contribution in [0, 0.1) is 5.41 Å². The number of ether oxygens (including phenoxy) is 1. The molecule has 4 N–H and O–H groups in total. The number of hydrogen-bond donors (Lipinski definition) is 4. The summed E-state index contributed by atoms with van der Waals surface area (Å²) in [6, 6.07) is 0. The van der Waals surface area contributed by atoms with Crippen LogP contribution < -0.4 is 0 Å². The van der Waals surface area contributed by atoms with Gasteiger partial charge in [0.2, 0.25) is 5.76 Å². The molecule has 0 bridgehead atoms. The zero-order valence-corrected chi connectivity index (χ0v) is 25.0. The Kier molecular flexibility index (Phi) is 12.1. The molecule has 1 heterocycles. The minimum Gasteiger partial charge on any atom is -0.505 e. The van der Waals surface area contributed by atoms with Crippen molar-refractivity contribution in [1.82, 2.24) is 0 Å². The highest BCUT2D eigenvalue weighted by atomic mass is 31.2. The summed E-state index contributed by atoms with van der Waals surface area (Å²) in [5, 5.41) is 29.1. The molecule has 11 heteroatoms. The summed E-state index contributed by atoms with van der Waals surface area (Å²) in [5.74, 6) is -3.73. The molecule has 0 fully saturated rings. The van der Waals surface area contributed by atoms with Crippen LogP contribution in [0.1, 0.15) is 48.0 Å². The minimum absolute atomic E-state index is 0.0876. The number of Topliss-reactive ketones (excluding diaryl/α,β-unsaturated/α-hetero) is 1. The maximum absolute atomic E-state index is 13.1. The number of esters is 1. The number of aliphatic hydroxyl groups excluding tert-OH is 3. The van der Waals surface area contributed by atoms with Crippen LogP contribution in [-0.2, 0) is 27.9 Å². The molecule has 0 radical (unpaired) electrons. The second kappa shape index (κ2) is 14.6. The fourth-order valence-electron chi connectivity index (χ4n) is 4.22. The molecule has 10 nitrogen and oxygen atoms in total. The van der Waals surface area contributed by atoms with Crippen LogP contribution in [0.3, 0.4) is 0 Å². The van der Waals surface area contributed by atoms with E-state index in [1.165, 1.54) is 0 Å². The van der Waals surface area contributed by atoms with Gasteiger partial charge in [0, 0.05) is 0 Å². The summed E-state index contributed by atoms with van der Waals surface area (Å²) in [6.07, 6.45) is 14.8. The normalized spacial score (nSPS) is 24.9. The van der Waals surface area contributed by atoms with Gasteiger partial charge >= 0.3 is 13.8 Å². The first-order chi connectivity index (χ1) is 19.1. The lowest BCUT2D eigenvalue weighted by Gasteiger charge is -2.36. The van der Waals surface area contributed by atoms with Gasteiger partial charge in [-0.2, -0.15) is 0 Å². The monoisotopic (exact) mass is 590 g/mol. The number of carbonyl (C=O) groups excluding carboxylic acids is 2. The van der Waals surface area contributed by atoms with Gasteiger partial charge in [-0.15, -0.1) is 0 Å². The van der Waals surface area contributed by atoms with Gasteiger partial charge in [0.1, 0.15) is 12.2 Å². The molecule has 224 valence electrons. The second-order valence-corrected chi connectivity index (χ2v) is 11.8. The number of hydrogen-bond acceptors (Lipinski definition) is 9. The zero-order chi connectivity index (χ0) is 31.0. The van der Waals surface area contributed by atoms with E-state index in [0.717, 1.165) is 16.7 Å². The smallest absolute Gasteiger partial charge is 0.472 e. The van der Waals surface area contributed by atoms with Crippen molar-refractivity contribution in [3.05, 3.63) is 94.6 Å². The maximum Gasteiger partial charge on any atom is 0.472 e. The van der Waals surface area contributed by atoms with E-state index in [9.17, 15) is 34.4 Å². The third-order valence-corrected chi connectivity index (χ3v) is 7.45. The highest BCUT2D eigenvalue weighted by Gasteiger charge is 2.44. The van der Waals surface area contributed by atoms with Crippen molar-refractivity contribution in [2.45, 2.75) is 66.3 Å². The Morgan fingerprint density at radius 1 is 1.10 bits per heavy atom. The van der Waals surface area contributed by atoms with Crippen LogP contribution >= 0.6 is 7.82 Å². The number of ketones is 1. The lowest BCUT2D eigenvalue weighted by molar-refractivity contribution is -0.147. The summed E-state index contributed by atoms with van der Waals surface area (Å²) in [5.41, 5.74) is 2.58. The molecule has 4 atom stereocenters. The van der Waals surface area contributed by atoms with E-state index in [2.05, 4.69) is 4.74 Å². The van der Waals surface area contributed by atoms with Gasteiger partial charge in [-0.25, -0.2) is 9.36 Å². The first-order valence-corrected chi connectivity index (χ1v) is 14.5. The summed E-state index contributed by atoms with van der Waals surface area (Å²) in [7, 11) is -4.86. The van der Waals surface area contributed by atoms with Gasteiger partial charge in [-0.05, 0) is 50.7 Å². The van der Waals surface area contributed by atoms with Crippen molar-refractivity contribution in [1.29, 1.82) is 0 Å². The van der Waals surface area contributed by atoms with E-state index in [1.54, 1.807) is 6.92 Å². The third kappa shape index (κ3) is 9.66. The molecular weight excluding hydrogens is 551 g/mol. The van der Waals surface area contributed by atoms with Crippen molar-refractivity contribution < 1.29 is 48.2 Å². The quantitative estimate of drug-likeness (QED) is 0.129. The highest BCUT2D eigenvalue weighted by molar-refractivity contribution is 7.47. The number of cyclic esters (lactones) is 1. The van der Waals surface area contributed by atoms with Crippen LogP contribution in [-0.4, -0.2) is 56.9 Å². The number of phosphoric acid groups is 1. The van der Waals surface area contributed by atoms with Crippen molar-refractivity contribution in [3.63, 3.8) is 0 Å². The summed E-state index contributed by atoms with van der Waals surface area (Å²) < 4.78 is 27.1. The van der Waals surface area contributed by atoms with Crippen LogP contribution in [0.25, 0.3) is 0 Å². The molecule has 0 amide bonds. The highest BCUT2D eigenvalue weighted by Crippen LogP contribution is 2.50. The van der Waals surface area contributed by atoms with Gasteiger partial charge in [0.05, 0.1) is 6.61 Å². The van der Waals surface area contributed by atoms with Crippen LogP contribution in [0.2, 0.25) is 0 Å². The molecule has 0 spiro atoms. The van der Waals surface area contributed by atoms with Crippen LogP contribution in [0.5, 0.6) is 0 Å². The third-order valence-electron chi connectivity index (χ3n) is 6.45. The fourth-order valence-corrected chi connectivity index (χ4v) is 5.11. The van der Waals surface area contributed by atoms with E-state index in [0.29, 0.717) is 5.57 Å². The van der Waals surface area contributed by atoms with Crippen molar-refractivity contribution in [2.24, 2.45) is 5.41 Å². The fraction of sp³-hybridized carbons (Fsp3) is 0.400. The van der Waals surface area contributed by atoms with Crippen molar-refractivity contribution in [3.8, 4) is 0 Å². The number of carbonyl (C=O) groups is 2. The molecule has 41 heavy (non-hydrogen) atoms. The van der Waals surface area contributed by atoms with E-state index in [4.69, 9.17) is 9.05 Å². The molecule has 1 aliphatic heterocycles. The average Bonchev–Trinajstić information content (AvgIpc) is 3.15. The molecule has 1 aliphatic carbocycles. The molecule has 0 aromatic heterocycles. The Hall–Kier alpha value is -3.27. The summed E-state index contributed by atoms with van der Waals surface area (Å²) in [4.78, 5) is 34.6.